The molecule has 1 aromatic heterocycles. The third-order valence-corrected chi connectivity index (χ3v) is 2.94. The number of pyridine rings is 1. The van der Waals surface area contributed by atoms with Gasteiger partial charge in [0.2, 0.25) is 0 Å². The largest absolute Gasteiger partial charge is 0.508 e. The summed E-state index contributed by atoms with van der Waals surface area (Å²) in [4.78, 5) is 14.8. The molecule has 1 aliphatic heterocycles. The number of aromatic hydroxyl groups is 1. The fraction of sp³-hybridized carbons (Fsp3) is 0.154. The smallest absolute Gasteiger partial charge is 0.188 e. The first-order chi connectivity index (χ1) is 8.24. The molecule has 2 aromatic rings. The summed E-state index contributed by atoms with van der Waals surface area (Å²) < 4.78 is 5.58. The van der Waals surface area contributed by atoms with E-state index in [0.717, 1.165) is 11.3 Å². The first kappa shape index (κ1) is 9.96. The number of aromatic nitrogens is 1. The van der Waals surface area contributed by atoms with E-state index in [1.54, 1.807) is 24.4 Å². The number of nitrogens with one attached hydrogen (secondary N) is 1. The zero-order valence-electron chi connectivity index (χ0n) is 9.06. The number of rotatable bonds is 0. The summed E-state index contributed by atoms with van der Waals surface area (Å²) in [6, 6.07) is 6.46. The van der Waals surface area contributed by atoms with Crippen LogP contribution in [0.3, 0.4) is 0 Å². The van der Waals surface area contributed by atoms with Crippen molar-refractivity contribution in [2.75, 3.05) is 0 Å². The zero-order chi connectivity index (χ0) is 11.8. The van der Waals surface area contributed by atoms with E-state index in [-0.39, 0.29) is 17.8 Å². The minimum Gasteiger partial charge on any atom is -0.508 e. The van der Waals surface area contributed by atoms with Gasteiger partial charge in [-0.1, -0.05) is 0 Å². The summed E-state index contributed by atoms with van der Waals surface area (Å²) in [6.45, 7) is 0.267. The van der Waals surface area contributed by atoms with E-state index in [1.807, 2.05) is 0 Å². The van der Waals surface area contributed by atoms with Crippen LogP contribution in [0.25, 0.3) is 0 Å². The lowest BCUT2D eigenvalue weighted by molar-refractivity contribution is 0.305. The van der Waals surface area contributed by atoms with Gasteiger partial charge in [0.05, 0.1) is 5.56 Å². The van der Waals surface area contributed by atoms with Gasteiger partial charge in [-0.15, -0.1) is 0 Å². The maximum absolute atomic E-state index is 11.7. The molecule has 0 fully saturated rings. The molecule has 0 unspecified atom stereocenters. The molecule has 86 valence electrons. The predicted octanol–water partition coefficient (Wildman–Crippen LogP) is 1.56. The summed E-state index contributed by atoms with van der Waals surface area (Å²) in [5, 5.41) is 9.46. The van der Waals surface area contributed by atoms with Crippen LogP contribution in [0.2, 0.25) is 0 Å². The van der Waals surface area contributed by atoms with E-state index in [1.165, 1.54) is 6.07 Å². The van der Waals surface area contributed by atoms with Crippen LogP contribution in [0.5, 0.6) is 11.5 Å². The lowest BCUT2D eigenvalue weighted by Gasteiger charge is -2.06. The summed E-state index contributed by atoms with van der Waals surface area (Å²) in [6.07, 6.45) is 2.20. The van der Waals surface area contributed by atoms with Crippen molar-refractivity contribution in [3.63, 3.8) is 0 Å². The molecule has 0 bridgehead atoms. The van der Waals surface area contributed by atoms with E-state index in [9.17, 15) is 9.90 Å². The van der Waals surface area contributed by atoms with Crippen molar-refractivity contribution < 1.29 is 9.84 Å². The quantitative estimate of drug-likeness (QED) is 0.720. The van der Waals surface area contributed by atoms with Gasteiger partial charge < -0.3 is 14.8 Å². The van der Waals surface area contributed by atoms with Gasteiger partial charge in [-0.05, 0) is 18.2 Å². The van der Waals surface area contributed by atoms with Crippen molar-refractivity contribution in [3.8, 4) is 11.5 Å². The van der Waals surface area contributed by atoms with Crippen LogP contribution in [-0.2, 0) is 13.0 Å². The average Bonchev–Trinajstić information content (AvgIpc) is 2.48. The molecule has 2 heterocycles. The summed E-state index contributed by atoms with van der Waals surface area (Å²) in [7, 11) is 0. The van der Waals surface area contributed by atoms with Crippen LogP contribution in [0.15, 0.2) is 35.3 Å². The molecule has 2 N–H and O–H groups in total. The second-order valence-electron chi connectivity index (χ2n) is 4.06. The highest BCUT2D eigenvalue weighted by molar-refractivity contribution is 5.44. The number of H-pyrrole nitrogens is 1. The lowest BCUT2D eigenvalue weighted by Crippen LogP contribution is -2.13. The van der Waals surface area contributed by atoms with E-state index < -0.39 is 0 Å². The first-order valence-electron chi connectivity index (χ1n) is 5.38. The van der Waals surface area contributed by atoms with Gasteiger partial charge >= 0.3 is 0 Å². The van der Waals surface area contributed by atoms with Gasteiger partial charge in [0.25, 0.3) is 0 Å². The Bertz CT molecular complexity index is 631. The standard InChI is InChI=1S/C13H11NO3/c15-9-1-2-13-8(5-9)6-11-10(7-17-13)12(16)3-4-14-11/h1-5,15H,6-7H2,(H,14,16). The van der Waals surface area contributed by atoms with Crippen LogP contribution < -0.4 is 10.2 Å². The predicted molar refractivity (Wildman–Crippen MR) is 62.3 cm³/mol. The highest BCUT2D eigenvalue weighted by atomic mass is 16.5. The molecule has 0 spiro atoms. The van der Waals surface area contributed by atoms with Gasteiger partial charge in [0.15, 0.2) is 5.43 Å². The molecule has 4 heteroatoms. The molecular weight excluding hydrogens is 218 g/mol. The van der Waals surface area contributed by atoms with E-state index in [0.29, 0.717) is 17.7 Å². The Morgan fingerprint density at radius 3 is 3.06 bits per heavy atom. The van der Waals surface area contributed by atoms with Gasteiger partial charge in [-0.2, -0.15) is 0 Å². The molecule has 0 saturated carbocycles. The SMILES string of the molecule is O=c1cc[nH]c2c1COc1ccc(O)cc1C2. The molecule has 4 nitrogen and oxygen atoms in total. The zero-order valence-corrected chi connectivity index (χ0v) is 9.06. The number of hydrogen-bond donors (Lipinski definition) is 2. The van der Waals surface area contributed by atoms with Crippen LogP contribution in [-0.4, -0.2) is 10.1 Å². The summed E-state index contributed by atoms with van der Waals surface area (Å²) >= 11 is 0. The Labute approximate surface area is 97.5 Å². The minimum atomic E-state index is -0.0178. The fourth-order valence-corrected chi connectivity index (χ4v) is 2.06. The molecule has 0 radical (unpaired) electrons. The van der Waals surface area contributed by atoms with Crippen LogP contribution in [0.1, 0.15) is 16.8 Å². The van der Waals surface area contributed by atoms with Gasteiger partial charge in [0.1, 0.15) is 18.1 Å². The Balaban J connectivity index is 2.15. The number of phenols is 1. The van der Waals surface area contributed by atoms with Gasteiger partial charge in [-0.3, -0.25) is 4.79 Å². The van der Waals surface area contributed by atoms with Crippen LogP contribution in [0, 0.1) is 0 Å². The monoisotopic (exact) mass is 229 g/mol. The van der Waals surface area contributed by atoms with E-state index >= 15 is 0 Å². The molecule has 1 aromatic carbocycles. The Morgan fingerprint density at radius 1 is 1.29 bits per heavy atom. The Hall–Kier alpha value is -2.23. The average molecular weight is 229 g/mol. The van der Waals surface area contributed by atoms with Crippen molar-refractivity contribution in [2.45, 2.75) is 13.0 Å². The maximum atomic E-state index is 11.7. The molecular formula is C13H11NO3. The first-order valence-corrected chi connectivity index (χ1v) is 5.38. The highest BCUT2D eigenvalue weighted by Gasteiger charge is 2.16. The molecule has 1 aliphatic rings. The van der Waals surface area contributed by atoms with E-state index in [2.05, 4.69) is 4.98 Å². The van der Waals surface area contributed by atoms with E-state index in [4.69, 9.17) is 4.74 Å². The number of phenolic OH excluding ortho intramolecular Hbond substituents is 1. The molecule has 0 aliphatic carbocycles. The Morgan fingerprint density at radius 2 is 2.18 bits per heavy atom. The molecule has 0 amide bonds. The van der Waals surface area contributed by atoms with Crippen molar-refractivity contribution in [3.05, 3.63) is 57.5 Å². The fourth-order valence-electron chi connectivity index (χ4n) is 2.06. The highest BCUT2D eigenvalue weighted by Crippen LogP contribution is 2.29. The number of benzene rings is 1. The van der Waals surface area contributed by atoms with Gasteiger partial charge in [-0.25, -0.2) is 0 Å². The number of fused-ring (bicyclic) bond motifs is 2. The summed E-state index contributed by atoms with van der Waals surface area (Å²) in [5.41, 5.74) is 2.37. The van der Waals surface area contributed by atoms with Crippen molar-refractivity contribution in [1.82, 2.24) is 4.98 Å². The number of ether oxygens (including phenoxy) is 1. The van der Waals surface area contributed by atoms with Gasteiger partial charge in [0, 0.05) is 29.9 Å². The summed E-state index contributed by atoms with van der Waals surface area (Å²) in [5.74, 6) is 0.917. The van der Waals surface area contributed by atoms with Crippen molar-refractivity contribution in [2.24, 2.45) is 0 Å². The minimum absolute atomic E-state index is 0.0178. The number of aromatic amines is 1. The molecule has 17 heavy (non-hydrogen) atoms. The number of hydrogen-bond acceptors (Lipinski definition) is 3. The topological polar surface area (TPSA) is 62.3 Å². The molecule has 0 saturated heterocycles. The third-order valence-electron chi connectivity index (χ3n) is 2.94. The van der Waals surface area contributed by atoms with Crippen molar-refractivity contribution in [1.29, 1.82) is 0 Å². The lowest BCUT2D eigenvalue weighted by atomic mass is 10.1. The molecule has 3 rings (SSSR count). The molecule has 0 atom stereocenters. The third kappa shape index (κ3) is 1.67. The van der Waals surface area contributed by atoms with Crippen molar-refractivity contribution >= 4 is 0 Å². The second kappa shape index (κ2) is 3.66. The second-order valence-corrected chi connectivity index (χ2v) is 4.06. The van der Waals surface area contributed by atoms with Crippen LogP contribution >= 0.6 is 0 Å². The maximum Gasteiger partial charge on any atom is 0.188 e. The Kier molecular flexibility index (Phi) is 2.14. The van der Waals surface area contributed by atoms with Crippen LogP contribution in [0.4, 0.5) is 0 Å². The normalized spacial score (nSPS) is 13.2.